The predicted molar refractivity (Wildman–Crippen MR) is 96.3 cm³/mol. The Bertz CT molecular complexity index is 986. The second kappa shape index (κ2) is 5.34. The Morgan fingerprint density at radius 1 is 1.05 bits per heavy atom. The largest absolute Gasteiger partial charge is 0.354 e. The molecule has 3 aromatic rings. The van der Waals surface area contributed by atoms with Gasteiger partial charge >= 0.3 is 0 Å². The number of para-hydroxylation sites is 1. The molecule has 3 rings (SSSR count). The lowest BCUT2D eigenvalue weighted by atomic mass is 9.93. The van der Waals surface area contributed by atoms with Gasteiger partial charge in [-0.05, 0) is 43.5 Å². The summed E-state index contributed by atoms with van der Waals surface area (Å²) >= 11 is 0. The van der Waals surface area contributed by atoms with Gasteiger partial charge in [0.25, 0.3) is 0 Å². The number of nitrogens with one attached hydrogen (secondary N) is 1. The Labute approximate surface area is 131 Å². The number of aromatic amines is 1. The van der Waals surface area contributed by atoms with Gasteiger partial charge in [-0.3, -0.25) is 0 Å². The molecule has 1 N–H and O–H groups in total. The number of aryl methyl sites for hydroxylation is 2. The Hall–Kier alpha value is -2.54. The topological polar surface area (TPSA) is 15.8 Å². The first kappa shape index (κ1) is 14.4. The van der Waals surface area contributed by atoms with Crippen molar-refractivity contribution in [3.05, 3.63) is 81.9 Å². The van der Waals surface area contributed by atoms with E-state index in [1.54, 1.807) is 0 Å². The minimum absolute atomic E-state index is 1.04. The van der Waals surface area contributed by atoms with E-state index in [1.807, 2.05) is 12.1 Å². The molecule has 1 heterocycles. The standard InChI is InChI=1S/C21H21N/c1-13(2)20(18-12-14(3)10-11-15(18)4)21-16(5)17-8-6-7-9-19(17)22-21/h6-12,22H,1,5H2,2-4H3/b21-20+. The Balaban J connectivity index is 2.50. The van der Waals surface area contributed by atoms with Crippen molar-refractivity contribution in [2.75, 3.05) is 0 Å². The quantitative estimate of drug-likeness (QED) is 0.734. The summed E-state index contributed by atoms with van der Waals surface area (Å²) in [6, 6.07) is 14.8. The number of H-pyrrole nitrogens is 1. The second-order valence-corrected chi connectivity index (χ2v) is 6.00. The van der Waals surface area contributed by atoms with E-state index >= 15 is 0 Å². The lowest BCUT2D eigenvalue weighted by Crippen LogP contribution is -2.25. The fourth-order valence-electron chi connectivity index (χ4n) is 3.00. The molecular formula is C21H21N. The van der Waals surface area contributed by atoms with Crippen molar-refractivity contribution < 1.29 is 0 Å². The molecule has 0 aliphatic heterocycles. The van der Waals surface area contributed by atoms with E-state index in [0.29, 0.717) is 0 Å². The molecule has 1 nitrogen and oxygen atoms in total. The van der Waals surface area contributed by atoms with E-state index < -0.39 is 0 Å². The molecule has 1 heteroatoms. The van der Waals surface area contributed by atoms with Crippen LogP contribution in [0.1, 0.15) is 23.6 Å². The van der Waals surface area contributed by atoms with E-state index in [2.05, 4.69) is 69.2 Å². The molecule has 0 aliphatic rings. The van der Waals surface area contributed by atoms with Crippen LogP contribution in [0.4, 0.5) is 0 Å². The molecule has 0 amide bonds. The highest BCUT2D eigenvalue weighted by molar-refractivity contribution is 5.85. The number of rotatable bonds is 2. The average molecular weight is 287 g/mol. The molecular weight excluding hydrogens is 266 g/mol. The van der Waals surface area contributed by atoms with Gasteiger partial charge in [-0.15, -0.1) is 0 Å². The third-order valence-corrected chi connectivity index (χ3v) is 4.15. The molecule has 0 bridgehead atoms. The summed E-state index contributed by atoms with van der Waals surface area (Å²) in [7, 11) is 0. The highest BCUT2D eigenvalue weighted by Crippen LogP contribution is 2.23. The summed E-state index contributed by atoms with van der Waals surface area (Å²) in [5.74, 6) is 0. The highest BCUT2D eigenvalue weighted by Gasteiger charge is 2.10. The maximum Gasteiger partial charge on any atom is 0.0541 e. The van der Waals surface area contributed by atoms with Gasteiger partial charge in [0.15, 0.2) is 0 Å². The molecule has 110 valence electrons. The van der Waals surface area contributed by atoms with Gasteiger partial charge < -0.3 is 4.98 Å². The van der Waals surface area contributed by atoms with Crippen LogP contribution in [-0.4, -0.2) is 4.98 Å². The lowest BCUT2D eigenvalue weighted by Gasteiger charge is -2.11. The molecule has 0 spiro atoms. The molecule has 1 aromatic heterocycles. The summed E-state index contributed by atoms with van der Waals surface area (Å²) in [5, 5.41) is 3.28. The van der Waals surface area contributed by atoms with E-state index in [-0.39, 0.29) is 0 Å². The van der Waals surface area contributed by atoms with Gasteiger partial charge in [-0.1, -0.05) is 55.1 Å². The van der Waals surface area contributed by atoms with E-state index in [0.717, 1.165) is 27.2 Å². The van der Waals surface area contributed by atoms with Gasteiger partial charge in [0.2, 0.25) is 0 Å². The van der Waals surface area contributed by atoms with Crippen molar-refractivity contribution in [3.8, 4) is 0 Å². The minimum Gasteiger partial charge on any atom is -0.354 e. The zero-order valence-electron chi connectivity index (χ0n) is 13.5. The maximum atomic E-state index is 4.30. The monoisotopic (exact) mass is 287 g/mol. The fraction of sp³-hybridized carbons (Fsp3) is 0.143. The molecule has 0 atom stereocenters. The van der Waals surface area contributed by atoms with E-state index in [4.69, 9.17) is 0 Å². The first-order chi connectivity index (χ1) is 10.5. The van der Waals surface area contributed by atoms with Crippen LogP contribution in [0.25, 0.3) is 23.1 Å². The fourth-order valence-corrected chi connectivity index (χ4v) is 3.00. The second-order valence-electron chi connectivity index (χ2n) is 6.00. The third kappa shape index (κ3) is 2.29. The maximum absolute atomic E-state index is 4.30. The molecule has 22 heavy (non-hydrogen) atoms. The van der Waals surface area contributed by atoms with Crippen LogP contribution in [0.5, 0.6) is 0 Å². The molecule has 0 unspecified atom stereocenters. The van der Waals surface area contributed by atoms with Crippen LogP contribution in [0, 0.1) is 13.8 Å². The summed E-state index contributed by atoms with van der Waals surface area (Å²) < 4.78 is 0. The number of hydrogen-bond acceptors (Lipinski definition) is 0. The van der Waals surface area contributed by atoms with Gasteiger partial charge in [0.05, 0.1) is 5.35 Å². The van der Waals surface area contributed by atoms with Crippen molar-refractivity contribution in [2.24, 2.45) is 0 Å². The minimum atomic E-state index is 1.04. The first-order valence-electron chi connectivity index (χ1n) is 7.52. The molecule has 2 aromatic carbocycles. The van der Waals surface area contributed by atoms with Gasteiger partial charge in [-0.25, -0.2) is 0 Å². The first-order valence-corrected chi connectivity index (χ1v) is 7.52. The number of benzene rings is 2. The molecule has 0 saturated heterocycles. The van der Waals surface area contributed by atoms with Gasteiger partial charge in [0, 0.05) is 21.7 Å². The van der Waals surface area contributed by atoms with E-state index in [9.17, 15) is 0 Å². The van der Waals surface area contributed by atoms with Crippen molar-refractivity contribution in [1.82, 2.24) is 4.98 Å². The molecule has 0 saturated carbocycles. The van der Waals surface area contributed by atoms with Gasteiger partial charge in [-0.2, -0.15) is 0 Å². The lowest BCUT2D eigenvalue weighted by molar-refractivity contribution is 1.28. The van der Waals surface area contributed by atoms with Gasteiger partial charge in [0.1, 0.15) is 0 Å². The molecule has 0 aliphatic carbocycles. The number of aromatic nitrogens is 1. The van der Waals surface area contributed by atoms with Crippen LogP contribution < -0.4 is 10.6 Å². The number of hydrogen-bond donors (Lipinski definition) is 1. The number of fused-ring (bicyclic) bond motifs is 1. The average Bonchev–Trinajstić information content (AvgIpc) is 2.80. The van der Waals surface area contributed by atoms with Crippen molar-refractivity contribution in [2.45, 2.75) is 20.8 Å². The summed E-state index contributed by atoms with van der Waals surface area (Å²) in [6.45, 7) is 14.8. The number of allylic oxidation sites excluding steroid dienone is 1. The normalized spacial score (nSPS) is 12.5. The van der Waals surface area contributed by atoms with Crippen LogP contribution in [0.3, 0.4) is 0 Å². The molecule has 0 radical (unpaired) electrons. The SMILES string of the molecule is C=C(C)/C(c1cc(C)ccc1C)=c1\[nH]c2ccccc2c1=C. The van der Waals surface area contributed by atoms with Crippen LogP contribution in [0.15, 0.2) is 54.6 Å². The van der Waals surface area contributed by atoms with E-state index in [1.165, 1.54) is 22.1 Å². The predicted octanol–water partition coefficient (Wildman–Crippen LogP) is 3.97. The Morgan fingerprint density at radius 3 is 2.45 bits per heavy atom. The van der Waals surface area contributed by atoms with Crippen molar-refractivity contribution >= 4 is 23.1 Å². The summed E-state index contributed by atoms with van der Waals surface area (Å²) in [5.41, 5.74) is 7.05. The Kier molecular flexibility index (Phi) is 3.50. The van der Waals surface area contributed by atoms with Crippen molar-refractivity contribution in [1.29, 1.82) is 0 Å². The van der Waals surface area contributed by atoms with Crippen LogP contribution in [-0.2, 0) is 0 Å². The van der Waals surface area contributed by atoms with Crippen LogP contribution >= 0.6 is 0 Å². The zero-order valence-corrected chi connectivity index (χ0v) is 13.5. The zero-order chi connectivity index (χ0) is 15.9. The highest BCUT2D eigenvalue weighted by atomic mass is 14.7. The Morgan fingerprint density at radius 2 is 1.77 bits per heavy atom. The summed E-state index contributed by atoms with van der Waals surface area (Å²) in [6.07, 6.45) is 0. The van der Waals surface area contributed by atoms with Crippen LogP contribution in [0.2, 0.25) is 0 Å². The smallest absolute Gasteiger partial charge is 0.0541 e. The molecule has 0 fully saturated rings. The summed E-state index contributed by atoms with van der Waals surface area (Å²) in [4.78, 5) is 3.53. The third-order valence-electron chi connectivity index (χ3n) is 4.15. The van der Waals surface area contributed by atoms with Crippen molar-refractivity contribution in [3.63, 3.8) is 0 Å².